The summed E-state index contributed by atoms with van der Waals surface area (Å²) in [6.07, 6.45) is 1.83. The van der Waals surface area contributed by atoms with Gasteiger partial charge >= 0.3 is 0 Å². The Bertz CT molecular complexity index is 779. The third-order valence-corrected chi connectivity index (χ3v) is 3.81. The second kappa shape index (κ2) is 6.57. The molecule has 2 N–H and O–H groups in total. The van der Waals surface area contributed by atoms with E-state index >= 15 is 0 Å². The van der Waals surface area contributed by atoms with Gasteiger partial charge in [0.1, 0.15) is 0 Å². The molecule has 0 radical (unpaired) electrons. The first-order valence-corrected chi connectivity index (χ1v) is 8.51. The predicted molar refractivity (Wildman–Crippen MR) is 84.6 cm³/mol. The van der Waals surface area contributed by atoms with Crippen LogP contribution in [-0.2, 0) is 10.0 Å². The SMILES string of the molecule is CS(=O)(=O)NCCCNc1ccc(C#N)c2ccccc12. The van der Waals surface area contributed by atoms with Gasteiger partial charge in [-0.25, -0.2) is 13.1 Å². The van der Waals surface area contributed by atoms with Crippen LogP contribution in [0.5, 0.6) is 0 Å². The minimum absolute atomic E-state index is 0.403. The van der Waals surface area contributed by atoms with Crippen LogP contribution in [0.25, 0.3) is 10.8 Å². The number of hydrogen-bond donors (Lipinski definition) is 2. The molecule has 0 spiro atoms. The second-order valence-electron chi connectivity index (χ2n) is 4.76. The fourth-order valence-corrected chi connectivity index (χ4v) is 2.63. The number of rotatable bonds is 6. The predicted octanol–water partition coefficient (Wildman–Crippen LogP) is 2.06. The molecule has 2 aromatic carbocycles. The molecule has 110 valence electrons. The zero-order chi connectivity index (χ0) is 15.3. The zero-order valence-corrected chi connectivity index (χ0v) is 12.6. The molecule has 2 aromatic rings. The molecule has 0 atom stereocenters. The maximum Gasteiger partial charge on any atom is 0.208 e. The zero-order valence-electron chi connectivity index (χ0n) is 11.8. The number of nitrogens with zero attached hydrogens (tertiary/aromatic N) is 1. The maximum atomic E-state index is 10.9. The summed E-state index contributed by atoms with van der Waals surface area (Å²) in [5, 5.41) is 14.3. The molecule has 0 aromatic heterocycles. The minimum Gasteiger partial charge on any atom is -0.384 e. The number of hydrogen-bond acceptors (Lipinski definition) is 4. The van der Waals surface area contributed by atoms with Crippen molar-refractivity contribution in [1.82, 2.24) is 4.72 Å². The van der Waals surface area contributed by atoms with Gasteiger partial charge in [-0.1, -0.05) is 24.3 Å². The van der Waals surface area contributed by atoms with Gasteiger partial charge in [0.15, 0.2) is 0 Å². The van der Waals surface area contributed by atoms with E-state index < -0.39 is 10.0 Å². The number of sulfonamides is 1. The van der Waals surface area contributed by atoms with Gasteiger partial charge in [0.2, 0.25) is 10.0 Å². The summed E-state index contributed by atoms with van der Waals surface area (Å²) in [6.45, 7) is 1.05. The van der Waals surface area contributed by atoms with Gasteiger partial charge in [-0.05, 0) is 18.6 Å². The van der Waals surface area contributed by atoms with Crippen molar-refractivity contribution in [2.24, 2.45) is 0 Å². The number of nitrogens with one attached hydrogen (secondary N) is 2. The highest BCUT2D eigenvalue weighted by atomic mass is 32.2. The van der Waals surface area contributed by atoms with E-state index in [4.69, 9.17) is 5.26 Å². The lowest BCUT2D eigenvalue weighted by Gasteiger charge is -2.11. The lowest BCUT2D eigenvalue weighted by atomic mass is 10.0. The van der Waals surface area contributed by atoms with Crippen LogP contribution in [0, 0.1) is 11.3 Å². The fraction of sp³-hybridized carbons (Fsp3) is 0.267. The number of benzene rings is 2. The average molecular weight is 303 g/mol. The van der Waals surface area contributed by atoms with E-state index in [1.165, 1.54) is 0 Å². The summed E-state index contributed by atoms with van der Waals surface area (Å²) in [6, 6.07) is 13.6. The Morgan fingerprint density at radius 3 is 2.48 bits per heavy atom. The molecule has 0 aliphatic rings. The van der Waals surface area contributed by atoms with Crippen LogP contribution >= 0.6 is 0 Å². The lowest BCUT2D eigenvalue weighted by molar-refractivity contribution is 0.586. The molecular formula is C15H17N3O2S. The smallest absolute Gasteiger partial charge is 0.208 e. The highest BCUT2D eigenvalue weighted by Crippen LogP contribution is 2.26. The first kappa shape index (κ1) is 15.3. The topological polar surface area (TPSA) is 82.0 Å². The highest BCUT2D eigenvalue weighted by Gasteiger charge is 2.05. The molecule has 2 rings (SSSR count). The van der Waals surface area contributed by atoms with Gasteiger partial charge in [0, 0.05) is 29.5 Å². The largest absolute Gasteiger partial charge is 0.384 e. The van der Waals surface area contributed by atoms with Crippen molar-refractivity contribution in [3.63, 3.8) is 0 Å². The van der Waals surface area contributed by atoms with Gasteiger partial charge < -0.3 is 5.32 Å². The van der Waals surface area contributed by atoms with Gasteiger partial charge in [0.25, 0.3) is 0 Å². The fourth-order valence-electron chi connectivity index (χ4n) is 2.12. The van der Waals surface area contributed by atoms with E-state index in [2.05, 4.69) is 16.1 Å². The van der Waals surface area contributed by atoms with Crippen molar-refractivity contribution in [2.75, 3.05) is 24.7 Å². The van der Waals surface area contributed by atoms with Crippen molar-refractivity contribution in [3.05, 3.63) is 42.0 Å². The van der Waals surface area contributed by atoms with Crippen LogP contribution in [0.3, 0.4) is 0 Å². The van der Waals surface area contributed by atoms with Gasteiger partial charge in [-0.3, -0.25) is 0 Å². The lowest BCUT2D eigenvalue weighted by Crippen LogP contribution is -2.24. The Labute approximate surface area is 124 Å². The summed E-state index contributed by atoms with van der Waals surface area (Å²) >= 11 is 0. The Hall–Kier alpha value is -2.10. The van der Waals surface area contributed by atoms with Crippen molar-refractivity contribution in [1.29, 1.82) is 5.26 Å². The Kier molecular flexibility index (Phi) is 4.78. The molecule has 0 saturated carbocycles. The van der Waals surface area contributed by atoms with Crippen LogP contribution in [0.4, 0.5) is 5.69 Å². The summed E-state index contributed by atoms with van der Waals surface area (Å²) < 4.78 is 24.3. The van der Waals surface area contributed by atoms with Crippen molar-refractivity contribution < 1.29 is 8.42 Å². The maximum absolute atomic E-state index is 10.9. The van der Waals surface area contributed by atoms with Crippen molar-refractivity contribution in [2.45, 2.75) is 6.42 Å². The second-order valence-corrected chi connectivity index (χ2v) is 6.60. The summed E-state index contributed by atoms with van der Waals surface area (Å²) in [4.78, 5) is 0. The first-order valence-electron chi connectivity index (χ1n) is 6.61. The van der Waals surface area contributed by atoms with E-state index in [1.54, 1.807) is 6.07 Å². The standard InChI is InChI=1S/C15H17N3O2S/c1-21(19,20)18-10-4-9-17-15-8-7-12(11-16)13-5-2-3-6-14(13)15/h2-3,5-8,17-18H,4,9-10H2,1H3. The van der Waals surface area contributed by atoms with E-state index in [0.717, 1.165) is 22.7 Å². The third-order valence-electron chi connectivity index (χ3n) is 3.08. The molecule has 5 nitrogen and oxygen atoms in total. The molecule has 6 heteroatoms. The molecular weight excluding hydrogens is 286 g/mol. The van der Waals surface area contributed by atoms with Crippen LogP contribution in [0.2, 0.25) is 0 Å². The Morgan fingerprint density at radius 1 is 1.10 bits per heavy atom. The number of anilines is 1. The van der Waals surface area contributed by atoms with E-state index in [-0.39, 0.29) is 0 Å². The van der Waals surface area contributed by atoms with Crippen LogP contribution in [0.1, 0.15) is 12.0 Å². The summed E-state index contributed by atoms with van der Waals surface area (Å²) in [5.41, 5.74) is 1.60. The average Bonchev–Trinajstić information content (AvgIpc) is 2.45. The van der Waals surface area contributed by atoms with Crippen LogP contribution < -0.4 is 10.0 Å². The molecule has 0 heterocycles. The first-order chi connectivity index (χ1) is 10.0. The monoisotopic (exact) mass is 303 g/mol. The van der Waals surface area contributed by atoms with Crippen LogP contribution in [-0.4, -0.2) is 27.8 Å². The highest BCUT2D eigenvalue weighted by molar-refractivity contribution is 7.88. The minimum atomic E-state index is -3.13. The van der Waals surface area contributed by atoms with E-state index in [9.17, 15) is 8.42 Å². The summed E-state index contributed by atoms with van der Waals surface area (Å²) in [7, 11) is -3.13. The number of fused-ring (bicyclic) bond motifs is 1. The normalized spacial score (nSPS) is 11.2. The van der Waals surface area contributed by atoms with Crippen molar-refractivity contribution >= 4 is 26.5 Å². The molecule has 0 aliphatic heterocycles. The number of nitriles is 1. The van der Waals surface area contributed by atoms with Crippen LogP contribution in [0.15, 0.2) is 36.4 Å². The molecule has 0 fully saturated rings. The summed E-state index contributed by atoms with van der Waals surface area (Å²) in [5.74, 6) is 0. The molecule has 0 aliphatic carbocycles. The molecule has 21 heavy (non-hydrogen) atoms. The molecule has 0 bridgehead atoms. The molecule has 0 saturated heterocycles. The van der Waals surface area contributed by atoms with Gasteiger partial charge in [-0.15, -0.1) is 0 Å². The third kappa shape index (κ3) is 4.18. The molecule has 0 unspecified atom stereocenters. The quantitative estimate of drug-likeness (QED) is 0.800. The Morgan fingerprint density at radius 2 is 1.81 bits per heavy atom. The van der Waals surface area contributed by atoms with Gasteiger partial charge in [0.05, 0.1) is 17.9 Å². The Balaban J connectivity index is 2.05. The van der Waals surface area contributed by atoms with Crippen molar-refractivity contribution in [3.8, 4) is 6.07 Å². The molecule has 0 amide bonds. The van der Waals surface area contributed by atoms with E-state index in [0.29, 0.717) is 25.1 Å². The van der Waals surface area contributed by atoms with Gasteiger partial charge in [-0.2, -0.15) is 5.26 Å². The van der Waals surface area contributed by atoms with E-state index in [1.807, 2.05) is 30.3 Å².